The third-order valence-electron chi connectivity index (χ3n) is 10.9. The first kappa shape index (κ1) is 30.4. The molecule has 8 aromatic carbocycles. The fourth-order valence-electron chi connectivity index (χ4n) is 8.33. The lowest BCUT2D eigenvalue weighted by Crippen LogP contribution is -1.94. The van der Waals surface area contributed by atoms with Gasteiger partial charge >= 0.3 is 0 Å². The van der Waals surface area contributed by atoms with Crippen LogP contribution < -0.4 is 0 Å². The molecular formula is C49H28N2S3. The van der Waals surface area contributed by atoms with E-state index in [4.69, 9.17) is 4.98 Å². The normalized spacial score (nSPS) is 12.1. The van der Waals surface area contributed by atoms with Crippen molar-refractivity contribution in [3.63, 3.8) is 0 Å². The Hall–Kier alpha value is -6.11. The van der Waals surface area contributed by atoms with Crippen LogP contribution in [0.2, 0.25) is 0 Å². The van der Waals surface area contributed by atoms with Gasteiger partial charge in [-0.3, -0.25) is 0 Å². The first-order valence-electron chi connectivity index (χ1n) is 18.1. The van der Waals surface area contributed by atoms with Crippen LogP contribution in [0.1, 0.15) is 0 Å². The van der Waals surface area contributed by atoms with Gasteiger partial charge < -0.3 is 4.57 Å². The molecule has 0 saturated carbocycles. The summed E-state index contributed by atoms with van der Waals surface area (Å²) in [6.07, 6.45) is 0. The maximum Gasteiger partial charge on any atom is 0.124 e. The van der Waals surface area contributed by atoms with Crippen LogP contribution in [0.4, 0.5) is 0 Å². The molecule has 5 heteroatoms. The zero-order chi connectivity index (χ0) is 35.3. The summed E-state index contributed by atoms with van der Waals surface area (Å²) in [4.78, 5) is 4.94. The predicted molar refractivity (Wildman–Crippen MR) is 236 cm³/mol. The minimum atomic E-state index is 1.05. The summed E-state index contributed by atoms with van der Waals surface area (Å²) in [5, 5.41) is 8.84. The second kappa shape index (κ2) is 11.7. The number of fused-ring (bicyclic) bond motifs is 10. The van der Waals surface area contributed by atoms with Crippen molar-refractivity contribution < 1.29 is 0 Å². The first-order valence-corrected chi connectivity index (χ1v) is 20.6. The number of hydrogen-bond acceptors (Lipinski definition) is 4. The van der Waals surface area contributed by atoms with E-state index in [1.54, 1.807) is 11.3 Å². The van der Waals surface area contributed by atoms with E-state index in [9.17, 15) is 0 Å². The molecule has 0 bridgehead atoms. The number of hydrogen-bond donors (Lipinski definition) is 0. The molecule has 54 heavy (non-hydrogen) atoms. The molecule has 0 N–H and O–H groups in total. The van der Waals surface area contributed by atoms with E-state index in [2.05, 4.69) is 174 Å². The van der Waals surface area contributed by atoms with Crippen molar-refractivity contribution in [1.29, 1.82) is 0 Å². The van der Waals surface area contributed by atoms with E-state index in [0.29, 0.717) is 0 Å². The molecule has 0 radical (unpaired) electrons. The van der Waals surface area contributed by atoms with Gasteiger partial charge in [-0.25, -0.2) is 4.98 Å². The topological polar surface area (TPSA) is 17.8 Å². The quantitative estimate of drug-likeness (QED) is 0.176. The van der Waals surface area contributed by atoms with Crippen LogP contribution in [-0.2, 0) is 0 Å². The van der Waals surface area contributed by atoms with Crippen molar-refractivity contribution >= 4 is 106 Å². The van der Waals surface area contributed by atoms with Gasteiger partial charge in [0.25, 0.3) is 0 Å². The summed E-state index contributed by atoms with van der Waals surface area (Å²) < 4.78 is 8.97. The highest BCUT2D eigenvalue weighted by molar-refractivity contribution is 7.26. The average molecular weight is 741 g/mol. The molecule has 0 aliphatic carbocycles. The predicted octanol–water partition coefficient (Wildman–Crippen LogP) is 15.1. The monoisotopic (exact) mass is 740 g/mol. The minimum Gasteiger partial charge on any atom is -0.309 e. The number of rotatable bonds is 4. The highest BCUT2D eigenvalue weighted by Gasteiger charge is 2.18. The lowest BCUT2D eigenvalue weighted by molar-refractivity contribution is 1.18. The SMILES string of the molecule is c1ccc2sc(-c3ccc(-n4c5ccc(-c6cccc7c6sc6ccccc67)cc5c5cc(-c6cccc7c6sc6ccccc67)ccc54)cc3)nc2c1. The molecule has 0 aliphatic rings. The molecule has 0 aliphatic heterocycles. The Morgan fingerprint density at radius 1 is 0.370 bits per heavy atom. The van der Waals surface area contributed by atoms with Gasteiger partial charge in [-0.2, -0.15) is 0 Å². The number of nitrogens with zero attached hydrogens (tertiary/aromatic N) is 2. The van der Waals surface area contributed by atoms with Crippen LogP contribution in [0.5, 0.6) is 0 Å². The van der Waals surface area contributed by atoms with E-state index in [0.717, 1.165) is 21.8 Å². The Morgan fingerprint density at radius 3 is 1.44 bits per heavy atom. The van der Waals surface area contributed by atoms with E-state index in [1.165, 1.54) is 89.1 Å². The van der Waals surface area contributed by atoms with Crippen LogP contribution in [0, 0.1) is 0 Å². The second-order valence-corrected chi connectivity index (χ2v) is 17.0. The second-order valence-electron chi connectivity index (χ2n) is 13.9. The average Bonchev–Trinajstić information content (AvgIpc) is 4.01. The lowest BCUT2D eigenvalue weighted by atomic mass is 9.98. The maximum absolute atomic E-state index is 4.94. The highest BCUT2D eigenvalue weighted by Crippen LogP contribution is 2.44. The Bertz CT molecular complexity index is 3240. The van der Waals surface area contributed by atoms with Crippen molar-refractivity contribution in [3.05, 3.63) is 170 Å². The lowest BCUT2D eigenvalue weighted by Gasteiger charge is -2.10. The molecule has 0 atom stereocenters. The Balaban J connectivity index is 1.08. The molecule has 4 heterocycles. The van der Waals surface area contributed by atoms with Crippen molar-refractivity contribution in [1.82, 2.24) is 9.55 Å². The number of aromatic nitrogens is 2. The Kier molecular flexibility index (Phi) is 6.58. The van der Waals surface area contributed by atoms with Crippen LogP contribution in [0.15, 0.2) is 170 Å². The molecule has 0 saturated heterocycles. The van der Waals surface area contributed by atoms with Gasteiger partial charge in [-0.05, 0) is 95.1 Å². The molecule has 0 fully saturated rings. The molecule has 252 valence electrons. The summed E-state index contributed by atoms with van der Waals surface area (Å²) in [5.74, 6) is 0. The van der Waals surface area contributed by atoms with Crippen molar-refractivity contribution in [2.45, 2.75) is 0 Å². The van der Waals surface area contributed by atoms with E-state index < -0.39 is 0 Å². The van der Waals surface area contributed by atoms with Gasteiger partial charge in [0.05, 0.1) is 21.3 Å². The van der Waals surface area contributed by atoms with Gasteiger partial charge in [0.15, 0.2) is 0 Å². The molecule has 0 amide bonds. The largest absolute Gasteiger partial charge is 0.309 e. The number of benzene rings is 8. The van der Waals surface area contributed by atoms with Gasteiger partial charge in [-0.1, -0.05) is 97.1 Å². The summed E-state index contributed by atoms with van der Waals surface area (Å²) in [5.41, 5.74) is 10.8. The van der Waals surface area contributed by atoms with E-state index >= 15 is 0 Å². The standard InChI is InChI=1S/C49H28N2S3/c1-4-16-44-35(9-1)37-13-7-11-33(47(37)52-44)30-21-25-42-39(27-30)40-28-31(34-12-8-14-38-36-10-2-5-17-45(36)53-48(34)38)22-26-43(40)51(42)32-23-19-29(20-24-32)49-50-41-15-3-6-18-46(41)54-49/h1-28H. The van der Waals surface area contributed by atoms with Crippen molar-refractivity contribution in [2.24, 2.45) is 0 Å². The molecule has 12 rings (SSSR count). The number of para-hydroxylation sites is 1. The van der Waals surface area contributed by atoms with Crippen molar-refractivity contribution in [3.8, 4) is 38.5 Å². The van der Waals surface area contributed by atoms with Crippen LogP contribution >= 0.6 is 34.0 Å². The van der Waals surface area contributed by atoms with Gasteiger partial charge in [-0.15, -0.1) is 34.0 Å². The minimum absolute atomic E-state index is 1.05. The molecule has 4 aromatic heterocycles. The fourth-order valence-corrected chi connectivity index (χ4v) is 11.8. The molecule has 0 spiro atoms. The first-order chi connectivity index (χ1) is 26.7. The zero-order valence-corrected chi connectivity index (χ0v) is 31.2. The van der Waals surface area contributed by atoms with Crippen LogP contribution in [0.3, 0.4) is 0 Å². The number of thiophene rings is 2. The smallest absolute Gasteiger partial charge is 0.124 e. The van der Waals surface area contributed by atoms with Crippen LogP contribution in [-0.4, -0.2) is 9.55 Å². The third-order valence-corrected chi connectivity index (χ3v) is 14.4. The van der Waals surface area contributed by atoms with Gasteiger partial charge in [0.1, 0.15) is 5.01 Å². The molecule has 2 nitrogen and oxygen atoms in total. The Morgan fingerprint density at radius 2 is 0.870 bits per heavy atom. The van der Waals surface area contributed by atoms with Gasteiger partial charge in [0, 0.05) is 62.4 Å². The highest BCUT2D eigenvalue weighted by atomic mass is 32.1. The molecular weight excluding hydrogens is 713 g/mol. The van der Waals surface area contributed by atoms with E-state index in [-0.39, 0.29) is 0 Å². The summed E-state index contributed by atoms with van der Waals surface area (Å²) >= 11 is 5.52. The van der Waals surface area contributed by atoms with Crippen LogP contribution in [0.25, 0.3) is 111 Å². The Labute approximate surface area is 322 Å². The number of thiazole rings is 1. The van der Waals surface area contributed by atoms with E-state index in [1.807, 2.05) is 22.7 Å². The summed E-state index contributed by atoms with van der Waals surface area (Å²) in [6, 6.07) is 62.5. The molecule has 12 aromatic rings. The summed E-state index contributed by atoms with van der Waals surface area (Å²) in [6.45, 7) is 0. The molecule has 0 unspecified atom stereocenters. The third kappa shape index (κ3) is 4.53. The zero-order valence-electron chi connectivity index (χ0n) is 28.8. The summed E-state index contributed by atoms with van der Waals surface area (Å²) in [7, 11) is 0. The fraction of sp³-hybridized carbons (Fsp3) is 0. The van der Waals surface area contributed by atoms with Gasteiger partial charge in [0.2, 0.25) is 0 Å². The van der Waals surface area contributed by atoms with Crippen molar-refractivity contribution in [2.75, 3.05) is 0 Å². The maximum atomic E-state index is 4.94.